The Labute approximate surface area is 273 Å². The van der Waals surface area contributed by atoms with Crippen LogP contribution in [0.1, 0.15) is 40.2 Å². The molecule has 1 amide bonds. The van der Waals surface area contributed by atoms with Gasteiger partial charge in [-0.25, -0.2) is 17.1 Å². The molecule has 1 aliphatic carbocycles. The van der Waals surface area contributed by atoms with Crippen molar-refractivity contribution in [3.63, 3.8) is 0 Å². The Morgan fingerprint density at radius 1 is 1.12 bits per heavy atom. The first kappa shape index (κ1) is 34.5. The Kier molecular flexibility index (Phi) is 10.7. The fraction of sp³-hybridized carbons (Fsp3) is 0.222. The second kappa shape index (κ2) is 13.3. The van der Waals surface area contributed by atoms with Crippen LogP contribution in [0.3, 0.4) is 0 Å². The fourth-order valence-corrected chi connectivity index (χ4v) is 6.05. The van der Waals surface area contributed by atoms with E-state index in [4.69, 9.17) is 14.5 Å². The average molecular weight is 694 g/mol. The number of anilines is 2. The van der Waals surface area contributed by atoms with Gasteiger partial charge in [0.25, 0.3) is 5.91 Å². The SMILES string of the molecule is CNC(=O)c1c(-c2ccc(F)cc2)oc2cc(N(c3ccc(Br)c(C(F)(F)F)c3)S(C)(=O)=O)c(C3CC3)cc12.O=N[O-].[Na+]. The molecule has 3 aromatic carbocycles. The molecule has 5 rings (SSSR count). The molecular formula is C27H21BrF4N3NaO6S. The first-order valence-corrected chi connectivity index (χ1v) is 14.8. The van der Waals surface area contributed by atoms with Crippen molar-refractivity contribution in [2.24, 2.45) is 5.34 Å². The monoisotopic (exact) mass is 693 g/mol. The van der Waals surface area contributed by atoms with Gasteiger partial charge < -0.3 is 19.8 Å². The maximum Gasteiger partial charge on any atom is 1.00 e. The van der Waals surface area contributed by atoms with Gasteiger partial charge in [-0.2, -0.15) is 13.2 Å². The summed E-state index contributed by atoms with van der Waals surface area (Å²) < 4.78 is 87.5. The van der Waals surface area contributed by atoms with Crippen molar-refractivity contribution in [2.75, 3.05) is 17.6 Å². The van der Waals surface area contributed by atoms with Gasteiger partial charge in [0.15, 0.2) is 0 Å². The van der Waals surface area contributed by atoms with E-state index >= 15 is 0 Å². The topological polar surface area (TPSA) is 132 Å². The van der Waals surface area contributed by atoms with E-state index in [1.54, 1.807) is 6.07 Å². The summed E-state index contributed by atoms with van der Waals surface area (Å²) >= 11 is 2.90. The molecule has 0 radical (unpaired) electrons. The van der Waals surface area contributed by atoms with Gasteiger partial charge in [0.1, 0.15) is 17.2 Å². The molecular weight excluding hydrogens is 673 g/mol. The van der Waals surface area contributed by atoms with E-state index in [1.807, 2.05) is 0 Å². The van der Waals surface area contributed by atoms with Crippen molar-refractivity contribution in [1.29, 1.82) is 0 Å². The minimum atomic E-state index is -4.73. The van der Waals surface area contributed by atoms with E-state index in [1.165, 1.54) is 43.4 Å². The summed E-state index contributed by atoms with van der Waals surface area (Å²) in [6, 6.07) is 11.6. The number of fused-ring (bicyclic) bond motifs is 1. The number of nitrogens with zero attached hydrogens (tertiary/aromatic N) is 2. The molecule has 43 heavy (non-hydrogen) atoms. The molecule has 1 aliphatic rings. The number of hydrogen-bond donors (Lipinski definition) is 1. The molecule has 0 bridgehead atoms. The van der Waals surface area contributed by atoms with Crippen LogP contribution in [0, 0.1) is 15.9 Å². The number of amides is 1. The van der Waals surface area contributed by atoms with Gasteiger partial charge in [0, 0.05) is 28.5 Å². The first-order chi connectivity index (χ1) is 19.7. The van der Waals surface area contributed by atoms with Crippen LogP contribution in [0.5, 0.6) is 0 Å². The van der Waals surface area contributed by atoms with Crippen LogP contribution in [-0.2, 0) is 16.2 Å². The van der Waals surface area contributed by atoms with Gasteiger partial charge in [0.2, 0.25) is 10.0 Å². The number of halogens is 5. The number of carbonyl (C=O) groups is 1. The summed E-state index contributed by atoms with van der Waals surface area (Å²) in [7, 11) is -2.69. The van der Waals surface area contributed by atoms with E-state index in [0.29, 0.717) is 16.5 Å². The molecule has 9 nitrogen and oxygen atoms in total. The van der Waals surface area contributed by atoms with Gasteiger partial charge in [0.05, 0.1) is 28.8 Å². The maximum atomic E-state index is 13.7. The van der Waals surface area contributed by atoms with E-state index in [-0.39, 0.29) is 68.2 Å². The summed E-state index contributed by atoms with van der Waals surface area (Å²) in [6.45, 7) is 0. The van der Waals surface area contributed by atoms with Crippen molar-refractivity contribution >= 4 is 54.2 Å². The molecule has 222 valence electrons. The predicted octanol–water partition coefficient (Wildman–Crippen LogP) is 4.61. The summed E-state index contributed by atoms with van der Waals surface area (Å²) in [5.74, 6) is -0.860. The molecule has 0 atom stereocenters. The second-order valence-corrected chi connectivity index (χ2v) is 12.0. The predicted molar refractivity (Wildman–Crippen MR) is 152 cm³/mol. The number of furan rings is 1. The quantitative estimate of drug-likeness (QED) is 0.136. The Hall–Kier alpha value is -2.98. The number of rotatable bonds is 6. The number of benzene rings is 3. The standard InChI is InChI=1S/C27H21BrF4N2O4S.HNO2.Na/c1-33-26(35)24-19-12-18(14-3-4-14)22(13-23(19)38-25(24)15-5-7-16(29)8-6-15)34(39(2,36)37)17-9-10-21(28)20(11-17)27(30,31)32;2-1-3;/h5-14H,3-4H2,1-2H3,(H,33,35);(H,2,3);/q;;+1/p-1. The van der Waals surface area contributed by atoms with E-state index in [2.05, 4.69) is 21.2 Å². The van der Waals surface area contributed by atoms with E-state index < -0.39 is 33.5 Å². The molecule has 1 aromatic heterocycles. The van der Waals surface area contributed by atoms with E-state index in [0.717, 1.165) is 40.9 Å². The van der Waals surface area contributed by atoms with Crippen molar-refractivity contribution in [2.45, 2.75) is 24.9 Å². The Morgan fingerprint density at radius 2 is 1.72 bits per heavy atom. The fourth-order valence-electron chi connectivity index (χ4n) is 4.57. The second-order valence-electron chi connectivity index (χ2n) is 9.34. The van der Waals surface area contributed by atoms with Gasteiger partial charge in [-0.15, -0.1) is 5.34 Å². The summed E-state index contributed by atoms with van der Waals surface area (Å²) in [5, 5.41) is 12.0. The smallest absolute Gasteiger partial charge is 0.455 e. The van der Waals surface area contributed by atoms with Crippen LogP contribution in [0.25, 0.3) is 22.3 Å². The molecule has 0 saturated heterocycles. The summed E-state index contributed by atoms with van der Waals surface area (Å²) in [4.78, 5) is 20.9. The number of hydrogen-bond acceptors (Lipinski definition) is 7. The van der Waals surface area contributed by atoms with Crippen LogP contribution < -0.4 is 39.2 Å². The molecule has 16 heteroatoms. The molecule has 1 fully saturated rings. The summed E-state index contributed by atoms with van der Waals surface area (Å²) in [5.41, 5.74) is 0.207. The molecule has 0 unspecified atom stereocenters. The zero-order valence-electron chi connectivity index (χ0n) is 22.8. The van der Waals surface area contributed by atoms with Gasteiger partial charge >= 0.3 is 35.7 Å². The van der Waals surface area contributed by atoms with Crippen LogP contribution in [0.4, 0.5) is 28.9 Å². The number of nitrogens with one attached hydrogen (secondary N) is 1. The third-order valence-corrected chi connectivity index (χ3v) is 8.22. The Balaban J connectivity index is 0.00000121. The van der Waals surface area contributed by atoms with Gasteiger partial charge in [-0.1, -0.05) is 15.9 Å². The molecule has 1 heterocycles. The minimum Gasteiger partial charge on any atom is -0.455 e. The van der Waals surface area contributed by atoms with Crippen LogP contribution in [0.15, 0.2) is 68.8 Å². The Bertz CT molecular complexity index is 1780. The normalized spacial score (nSPS) is 13.0. The molecule has 0 aliphatic heterocycles. The largest absolute Gasteiger partial charge is 1.00 e. The average Bonchev–Trinajstić information content (AvgIpc) is 3.69. The third-order valence-electron chi connectivity index (χ3n) is 6.46. The van der Waals surface area contributed by atoms with Crippen LogP contribution >= 0.6 is 15.9 Å². The number of sulfonamides is 1. The minimum absolute atomic E-state index is 0. The third kappa shape index (κ3) is 7.40. The van der Waals surface area contributed by atoms with Crippen LogP contribution in [-0.4, -0.2) is 27.6 Å². The zero-order valence-corrected chi connectivity index (χ0v) is 27.2. The summed E-state index contributed by atoms with van der Waals surface area (Å²) in [6.07, 6.45) is -2.34. The molecule has 1 saturated carbocycles. The van der Waals surface area contributed by atoms with Crippen molar-refractivity contribution in [3.8, 4) is 11.3 Å². The van der Waals surface area contributed by atoms with E-state index in [9.17, 15) is 30.8 Å². The van der Waals surface area contributed by atoms with Crippen molar-refractivity contribution < 1.29 is 64.7 Å². The molecule has 0 spiro atoms. The first-order valence-electron chi connectivity index (χ1n) is 12.1. The van der Waals surface area contributed by atoms with Crippen LogP contribution in [0.2, 0.25) is 0 Å². The Morgan fingerprint density at radius 3 is 2.23 bits per heavy atom. The van der Waals surface area contributed by atoms with Crippen molar-refractivity contribution in [3.05, 3.63) is 91.7 Å². The molecule has 4 aromatic rings. The molecule has 1 N–H and O–H groups in total. The van der Waals surface area contributed by atoms with Crippen molar-refractivity contribution in [1.82, 2.24) is 5.32 Å². The number of alkyl halides is 3. The van der Waals surface area contributed by atoms with Gasteiger partial charge in [-0.05, 0) is 72.9 Å². The number of carbonyl (C=O) groups excluding carboxylic acids is 1. The maximum absolute atomic E-state index is 13.7. The zero-order chi connectivity index (χ0) is 31.0. The van der Waals surface area contributed by atoms with Gasteiger partial charge in [-0.3, -0.25) is 4.79 Å².